The van der Waals surface area contributed by atoms with Gasteiger partial charge in [-0.25, -0.2) is 9.97 Å². The van der Waals surface area contributed by atoms with Crippen molar-refractivity contribution in [2.75, 3.05) is 18.0 Å². The molecule has 1 fully saturated rings. The van der Waals surface area contributed by atoms with E-state index in [1.54, 1.807) is 0 Å². The fourth-order valence-electron chi connectivity index (χ4n) is 3.59. The van der Waals surface area contributed by atoms with Crippen molar-refractivity contribution in [2.45, 2.75) is 32.6 Å². The van der Waals surface area contributed by atoms with Gasteiger partial charge in [-0.15, -0.1) is 0 Å². The molecule has 0 spiro atoms. The second-order valence-corrected chi connectivity index (χ2v) is 6.12. The molecule has 1 aliphatic rings. The first-order chi connectivity index (χ1) is 10.7. The van der Waals surface area contributed by atoms with Crippen LogP contribution in [0, 0.1) is 13.8 Å². The molecule has 0 unspecified atom stereocenters. The third-order valence-corrected chi connectivity index (χ3v) is 4.78. The molecule has 5 heteroatoms. The van der Waals surface area contributed by atoms with Crippen molar-refractivity contribution in [1.29, 1.82) is 0 Å². The van der Waals surface area contributed by atoms with Gasteiger partial charge in [-0.2, -0.15) is 0 Å². The van der Waals surface area contributed by atoms with E-state index in [-0.39, 0.29) is 0 Å². The lowest BCUT2D eigenvalue weighted by Gasteiger charge is -2.33. The van der Waals surface area contributed by atoms with Gasteiger partial charge in [0.1, 0.15) is 11.6 Å². The highest BCUT2D eigenvalue weighted by Gasteiger charge is 2.24. The van der Waals surface area contributed by atoms with Crippen LogP contribution in [0.2, 0.25) is 0 Å². The number of hydrogen-bond donors (Lipinski definition) is 1. The summed E-state index contributed by atoms with van der Waals surface area (Å²) in [6.45, 7) is 6.31. The molecule has 5 nitrogen and oxygen atoms in total. The van der Waals surface area contributed by atoms with Crippen LogP contribution in [0.1, 0.15) is 36.0 Å². The van der Waals surface area contributed by atoms with Crippen LogP contribution in [0.15, 0.2) is 30.7 Å². The molecule has 1 N–H and O–H groups in total. The number of imidazole rings is 2. The summed E-state index contributed by atoms with van der Waals surface area (Å²) in [5.74, 6) is 2.88. The Hall–Kier alpha value is -2.30. The van der Waals surface area contributed by atoms with Crippen LogP contribution in [0.5, 0.6) is 0 Å². The standard InChI is InChI=1S/C17H21N5/c1-12-17(20-11-19-12)14-6-8-21(9-7-14)16-5-3-4-15-10-18-13(2)22(15)16/h3-5,10-11,14H,6-9H2,1-2H3,(H,19,20). The summed E-state index contributed by atoms with van der Waals surface area (Å²) in [5, 5.41) is 0. The average Bonchev–Trinajstić information content (AvgIpc) is 3.14. The number of anilines is 1. The SMILES string of the molecule is Cc1[nH]cnc1C1CCN(c2cccc3cnc(C)n23)CC1. The van der Waals surface area contributed by atoms with Gasteiger partial charge in [-0.1, -0.05) is 6.07 Å². The van der Waals surface area contributed by atoms with Crippen LogP contribution < -0.4 is 4.90 Å². The second-order valence-electron chi connectivity index (χ2n) is 6.12. The third kappa shape index (κ3) is 2.08. The minimum absolute atomic E-state index is 0.575. The van der Waals surface area contributed by atoms with Crippen molar-refractivity contribution in [3.63, 3.8) is 0 Å². The van der Waals surface area contributed by atoms with Gasteiger partial charge < -0.3 is 9.88 Å². The molecule has 0 aromatic carbocycles. The molecule has 0 radical (unpaired) electrons. The highest BCUT2D eigenvalue weighted by Crippen LogP contribution is 2.31. The Kier molecular flexibility index (Phi) is 3.13. The molecular formula is C17H21N5. The van der Waals surface area contributed by atoms with Gasteiger partial charge >= 0.3 is 0 Å². The van der Waals surface area contributed by atoms with Crippen LogP contribution in [0.4, 0.5) is 5.82 Å². The Morgan fingerprint density at radius 1 is 1.14 bits per heavy atom. The molecule has 4 rings (SSSR count). The van der Waals surface area contributed by atoms with Crippen molar-refractivity contribution in [3.8, 4) is 0 Å². The smallest absolute Gasteiger partial charge is 0.114 e. The number of rotatable bonds is 2. The molecule has 1 aliphatic heterocycles. The number of pyridine rings is 1. The van der Waals surface area contributed by atoms with Gasteiger partial charge in [0.2, 0.25) is 0 Å². The molecule has 0 amide bonds. The number of aryl methyl sites for hydroxylation is 2. The summed E-state index contributed by atoms with van der Waals surface area (Å²) in [5.41, 5.74) is 3.63. The maximum atomic E-state index is 4.50. The lowest BCUT2D eigenvalue weighted by atomic mass is 9.92. The summed E-state index contributed by atoms with van der Waals surface area (Å²) in [6.07, 6.45) is 6.05. The predicted molar refractivity (Wildman–Crippen MR) is 87.4 cm³/mol. The van der Waals surface area contributed by atoms with E-state index in [1.807, 2.05) is 12.5 Å². The van der Waals surface area contributed by atoms with Crippen molar-refractivity contribution in [3.05, 3.63) is 47.9 Å². The molecule has 4 heterocycles. The van der Waals surface area contributed by atoms with E-state index in [2.05, 4.69) is 56.3 Å². The molecule has 0 saturated carbocycles. The molecule has 0 atom stereocenters. The summed E-state index contributed by atoms with van der Waals surface area (Å²) in [6, 6.07) is 6.43. The lowest BCUT2D eigenvalue weighted by Crippen LogP contribution is -2.34. The molecule has 1 saturated heterocycles. The Labute approximate surface area is 130 Å². The van der Waals surface area contributed by atoms with E-state index in [4.69, 9.17) is 0 Å². The second kappa shape index (κ2) is 5.16. The quantitative estimate of drug-likeness (QED) is 0.790. The number of H-pyrrole nitrogens is 1. The number of piperidine rings is 1. The molecule has 3 aromatic heterocycles. The highest BCUT2D eigenvalue weighted by atomic mass is 15.2. The fourth-order valence-corrected chi connectivity index (χ4v) is 3.59. The van der Waals surface area contributed by atoms with Gasteiger partial charge in [-0.3, -0.25) is 4.40 Å². The van der Waals surface area contributed by atoms with Crippen LogP contribution in [0.3, 0.4) is 0 Å². The largest absolute Gasteiger partial charge is 0.358 e. The maximum Gasteiger partial charge on any atom is 0.114 e. The zero-order valence-electron chi connectivity index (χ0n) is 13.1. The molecule has 0 aliphatic carbocycles. The van der Waals surface area contributed by atoms with E-state index in [9.17, 15) is 0 Å². The van der Waals surface area contributed by atoms with E-state index in [1.165, 1.54) is 22.7 Å². The average molecular weight is 295 g/mol. The monoisotopic (exact) mass is 295 g/mol. The summed E-state index contributed by atoms with van der Waals surface area (Å²) in [7, 11) is 0. The molecule has 22 heavy (non-hydrogen) atoms. The van der Waals surface area contributed by atoms with Crippen molar-refractivity contribution in [1.82, 2.24) is 19.4 Å². The minimum atomic E-state index is 0.575. The van der Waals surface area contributed by atoms with E-state index in [0.29, 0.717) is 5.92 Å². The summed E-state index contributed by atoms with van der Waals surface area (Å²) < 4.78 is 2.25. The van der Waals surface area contributed by atoms with E-state index in [0.717, 1.165) is 31.8 Å². The maximum absolute atomic E-state index is 4.50. The van der Waals surface area contributed by atoms with Crippen molar-refractivity contribution in [2.24, 2.45) is 0 Å². The first-order valence-electron chi connectivity index (χ1n) is 7.92. The molecule has 0 bridgehead atoms. The number of hydrogen-bond acceptors (Lipinski definition) is 3. The number of fused-ring (bicyclic) bond motifs is 1. The van der Waals surface area contributed by atoms with Crippen LogP contribution >= 0.6 is 0 Å². The molecular weight excluding hydrogens is 274 g/mol. The number of aromatic amines is 1. The van der Waals surface area contributed by atoms with Gasteiger partial charge in [0, 0.05) is 24.7 Å². The predicted octanol–water partition coefficient (Wildman–Crippen LogP) is 3.06. The number of nitrogens with one attached hydrogen (secondary N) is 1. The summed E-state index contributed by atoms with van der Waals surface area (Å²) in [4.78, 5) is 14.6. The first kappa shape index (κ1) is 13.4. The van der Waals surface area contributed by atoms with Crippen molar-refractivity contribution < 1.29 is 0 Å². The molecule has 3 aromatic rings. The fraction of sp³-hybridized carbons (Fsp3) is 0.412. The minimum Gasteiger partial charge on any atom is -0.358 e. The first-order valence-corrected chi connectivity index (χ1v) is 7.92. The number of nitrogens with zero attached hydrogens (tertiary/aromatic N) is 4. The lowest BCUT2D eigenvalue weighted by molar-refractivity contribution is 0.492. The van der Waals surface area contributed by atoms with Crippen LogP contribution in [0.25, 0.3) is 5.52 Å². The zero-order chi connectivity index (χ0) is 15.1. The van der Waals surface area contributed by atoms with Gasteiger partial charge in [0.25, 0.3) is 0 Å². The summed E-state index contributed by atoms with van der Waals surface area (Å²) >= 11 is 0. The highest BCUT2D eigenvalue weighted by molar-refractivity contribution is 5.56. The van der Waals surface area contributed by atoms with Crippen LogP contribution in [-0.4, -0.2) is 32.4 Å². The Balaban J connectivity index is 1.58. The van der Waals surface area contributed by atoms with Crippen molar-refractivity contribution >= 4 is 11.3 Å². The van der Waals surface area contributed by atoms with Crippen LogP contribution in [-0.2, 0) is 0 Å². The van der Waals surface area contributed by atoms with Gasteiger partial charge in [0.15, 0.2) is 0 Å². The molecule has 114 valence electrons. The normalized spacial score (nSPS) is 16.5. The Bertz CT molecular complexity index is 792. The Morgan fingerprint density at radius 3 is 2.68 bits per heavy atom. The Morgan fingerprint density at radius 2 is 1.95 bits per heavy atom. The van der Waals surface area contributed by atoms with Gasteiger partial charge in [-0.05, 0) is 38.8 Å². The topological polar surface area (TPSA) is 49.2 Å². The van der Waals surface area contributed by atoms with E-state index >= 15 is 0 Å². The zero-order valence-corrected chi connectivity index (χ0v) is 13.1. The van der Waals surface area contributed by atoms with Gasteiger partial charge in [0.05, 0.1) is 23.7 Å². The number of aromatic nitrogens is 4. The third-order valence-electron chi connectivity index (χ3n) is 4.78. The van der Waals surface area contributed by atoms with E-state index < -0.39 is 0 Å².